The maximum absolute atomic E-state index is 11.2. The Morgan fingerprint density at radius 3 is 2.65 bits per heavy atom. The molecule has 20 heavy (non-hydrogen) atoms. The molecule has 0 aliphatic rings. The summed E-state index contributed by atoms with van der Waals surface area (Å²) < 4.78 is 1.58. The van der Waals surface area contributed by atoms with Crippen molar-refractivity contribution in [2.24, 2.45) is 0 Å². The second kappa shape index (κ2) is 5.60. The molecule has 0 aliphatic carbocycles. The van der Waals surface area contributed by atoms with E-state index < -0.39 is 4.92 Å². The van der Waals surface area contributed by atoms with Crippen LogP contribution in [-0.4, -0.2) is 26.0 Å². The summed E-state index contributed by atoms with van der Waals surface area (Å²) in [6.45, 7) is 3.88. The highest BCUT2D eigenvalue weighted by molar-refractivity contribution is 5.82. The molecular formula is C13H14N4O3. The number of rotatable bonds is 5. The molecule has 0 fully saturated rings. The van der Waals surface area contributed by atoms with Crippen molar-refractivity contribution < 1.29 is 9.72 Å². The van der Waals surface area contributed by atoms with Gasteiger partial charge in [0.05, 0.1) is 10.6 Å². The van der Waals surface area contributed by atoms with Crippen LogP contribution in [-0.2, 0) is 12.8 Å². The van der Waals surface area contributed by atoms with Crippen LogP contribution in [0.3, 0.4) is 0 Å². The number of nitro benzene ring substituents is 1. The third-order valence-electron chi connectivity index (χ3n) is 2.93. The van der Waals surface area contributed by atoms with Gasteiger partial charge in [0, 0.05) is 30.5 Å². The number of benzene rings is 1. The van der Waals surface area contributed by atoms with E-state index in [2.05, 4.69) is 10.1 Å². The van der Waals surface area contributed by atoms with Crippen molar-refractivity contribution in [1.29, 1.82) is 0 Å². The molecule has 1 aromatic carbocycles. The van der Waals surface area contributed by atoms with E-state index in [4.69, 9.17) is 0 Å². The van der Waals surface area contributed by atoms with Gasteiger partial charge in [0.1, 0.15) is 5.82 Å². The first-order chi connectivity index (χ1) is 9.60. The van der Waals surface area contributed by atoms with Crippen molar-refractivity contribution >= 4 is 12.0 Å². The Labute approximate surface area is 115 Å². The van der Waals surface area contributed by atoms with Crippen LogP contribution in [0.15, 0.2) is 18.2 Å². The Morgan fingerprint density at radius 1 is 1.35 bits per heavy atom. The number of nitrogens with zero attached hydrogens (tertiary/aromatic N) is 4. The fourth-order valence-electron chi connectivity index (χ4n) is 1.91. The topological polar surface area (TPSA) is 90.9 Å². The normalized spacial score (nSPS) is 10.5. The molecule has 104 valence electrons. The number of aromatic nitrogens is 3. The highest BCUT2D eigenvalue weighted by atomic mass is 16.6. The maximum atomic E-state index is 11.2. The molecule has 7 nitrogen and oxygen atoms in total. The molecule has 0 bridgehead atoms. The van der Waals surface area contributed by atoms with Crippen LogP contribution in [0.5, 0.6) is 0 Å². The van der Waals surface area contributed by atoms with Crippen LogP contribution in [0.4, 0.5) is 5.69 Å². The summed E-state index contributed by atoms with van der Waals surface area (Å²) in [5, 5.41) is 15.1. The summed E-state index contributed by atoms with van der Waals surface area (Å²) in [5.74, 6) is 1.40. The van der Waals surface area contributed by atoms with Crippen molar-refractivity contribution in [2.75, 3.05) is 0 Å². The fraction of sp³-hybridized carbons (Fsp3) is 0.308. The largest absolute Gasteiger partial charge is 0.298 e. The van der Waals surface area contributed by atoms with Crippen LogP contribution >= 0.6 is 0 Å². The van der Waals surface area contributed by atoms with Crippen LogP contribution in [0.1, 0.15) is 35.9 Å². The molecule has 2 rings (SSSR count). The minimum atomic E-state index is -0.531. The molecule has 0 saturated heterocycles. The van der Waals surface area contributed by atoms with Gasteiger partial charge in [-0.3, -0.25) is 14.9 Å². The predicted octanol–water partition coefficient (Wildman–Crippen LogP) is 2.11. The molecule has 1 heterocycles. The average Bonchev–Trinajstić information content (AvgIpc) is 2.89. The van der Waals surface area contributed by atoms with E-state index in [1.54, 1.807) is 4.68 Å². The first-order valence-electron chi connectivity index (χ1n) is 6.29. The second-order valence-electron chi connectivity index (χ2n) is 4.18. The Morgan fingerprint density at radius 2 is 2.10 bits per heavy atom. The molecule has 0 spiro atoms. The van der Waals surface area contributed by atoms with Crippen molar-refractivity contribution in [3.8, 4) is 5.69 Å². The summed E-state index contributed by atoms with van der Waals surface area (Å²) in [5.41, 5.74) is 0.612. The van der Waals surface area contributed by atoms with Crippen molar-refractivity contribution in [1.82, 2.24) is 14.8 Å². The van der Waals surface area contributed by atoms with Crippen LogP contribution in [0, 0.1) is 10.1 Å². The quantitative estimate of drug-likeness (QED) is 0.473. The van der Waals surface area contributed by atoms with Gasteiger partial charge >= 0.3 is 0 Å². The van der Waals surface area contributed by atoms with E-state index in [0.29, 0.717) is 30.6 Å². The molecule has 0 unspecified atom stereocenters. The third-order valence-corrected chi connectivity index (χ3v) is 2.93. The number of non-ortho nitro benzene ring substituents is 1. The Hall–Kier alpha value is -2.57. The molecule has 2 aromatic rings. The lowest BCUT2D eigenvalue weighted by Crippen LogP contribution is -2.06. The number of aldehydes is 1. The number of aryl methyl sites for hydroxylation is 2. The average molecular weight is 274 g/mol. The van der Waals surface area contributed by atoms with Crippen LogP contribution in [0.25, 0.3) is 5.69 Å². The first kappa shape index (κ1) is 13.9. The Bertz CT molecular complexity index is 664. The lowest BCUT2D eigenvalue weighted by atomic mass is 10.1. The number of carbonyl (C=O) groups excluding carboxylic acids is 1. The minimum Gasteiger partial charge on any atom is -0.298 e. The summed E-state index contributed by atoms with van der Waals surface area (Å²) in [4.78, 5) is 25.7. The predicted molar refractivity (Wildman–Crippen MR) is 72.2 cm³/mol. The van der Waals surface area contributed by atoms with Crippen LogP contribution < -0.4 is 0 Å². The van der Waals surface area contributed by atoms with E-state index in [-0.39, 0.29) is 11.3 Å². The molecule has 0 atom stereocenters. The molecule has 0 N–H and O–H groups in total. The standard InChI is InChI=1S/C13H14N4O3/c1-3-12-14-13(4-2)16(15-12)11-6-5-10(17(19)20)7-9(11)8-18/h5-8H,3-4H2,1-2H3. The van der Waals surface area contributed by atoms with Gasteiger partial charge in [-0.2, -0.15) is 5.10 Å². The third kappa shape index (κ3) is 2.42. The van der Waals surface area contributed by atoms with E-state index in [1.165, 1.54) is 18.2 Å². The Kier molecular flexibility index (Phi) is 3.88. The second-order valence-corrected chi connectivity index (χ2v) is 4.18. The van der Waals surface area contributed by atoms with E-state index >= 15 is 0 Å². The fourth-order valence-corrected chi connectivity index (χ4v) is 1.91. The van der Waals surface area contributed by atoms with Gasteiger partial charge < -0.3 is 0 Å². The minimum absolute atomic E-state index is 0.121. The molecule has 0 radical (unpaired) electrons. The van der Waals surface area contributed by atoms with Crippen LogP contribution in [0.2, 0.25) is 0 Å². The number of hydrogen-bond acceptors (Lipinski definition) is 5. The van der Waals surface area contributed by atoms with Gasteiger partial charge in [-0.15, -0.1) is 0 Å². The first-order valence-corrected chi connectivity index (χ1v) is 6.29. The zero-order valence-corrected chi connectivity index (χ0v) is 11.2. The molecule has 0 saturated carbocycles. The summed E-state index contributed by atoms with van der Waals surface area (Å²) in [7, 11) is 0. The highest BCUT2D eigenvalue weighted by Gasteiger charge is 2.15. The smallest absolute Gasteiger partial charge is 0.270 e. The summed E-state index contributed by atoms with van der Waals surface area (Å²) in [6, 6.07) is 4.12. The zero-order valence-electron chi connectivity index (χ0n) is 11.2. The van der Waals surface area contributed by atoms with Crippen molar-refractivity contribution in [3.63, 3.8) is 0 Å². The van der Waals surface area contributed by atoms with E-state index in [0.717, 1.165) is 5.82 Å². The van der Waals surface area contributed by atoms with E-state index in [1.807, 2.05) is 13.8 Å². The van der Waals surface area contributed by atoms with Gasteiger partial charge in [0.15, 0.2) is 12.1 Å². The summed E-state index contributed by atoms with van der Waals surface area (Å²) in [6.07, 6.45) is 1.93. The highest BCUT2D eigenvalue weighted by Crippen LogP contribution is 2.21. The maximum Gasteiger partial charge on any atom is 0.270 e. The van der Waals surface area contributed by atoms with Crippen molar-refractivity contribution in [3.05, 3.63) is 45.5 Å². The van der Waals surface area contributed by atoms with Gasteiger partial charge in [-0.1, -0.05) is 13.8 Å². The molecule has 0 amide bonds. The molecule has 1 aromatic heterocycles. The van der Waals surface area contributed by atoms with Gasteiger partial charge in [0.25, 0.3) is 5.69 Å². The van der Waals surface area contributed by atoms with Gasteiger partial charge in [-0.05, 0) is 6.07 Å². The zero-order chi connectivity index (χ0) is 14.7. The van der Waals surface area contributed by atoms with E-state index in [9.17, 15) is 14.9 Å². The lowest BCUT2D eigenvalue weighted by molar-refractivity contribution is -0.384. The molecule has 0 aliphatic heterocycles. The lowest BCUT2D eigenvalue weighted by Gasteiger charge is -2.06. The monoisotopic (exact) mass is 274 g/mol. The number of carbonyl (C=O) groups is 1. The summed E-state index contributed by atoms with van der Waals surface area (Å²) >= 11 is 0. The molecular weight excluding hydrogens is 260 g/mol. The van der Waals surface area contributed by atoms with Gasteiger partial charge in [-0.25, -0.2) is 9.67 Å². The van der Waals surface area contributed by atoms with Gasteiger partial charge in [0.2, 0.25) is 0 Å². The number of nitro groups is 1. The Balaban J connectivity index is 2.60. The SMILES string of the molecule is CCc1nc(CC)n(-c2ccc([N+](=O)[O-])cc2C=O)n1. The van der Waals surface area contributed by atoms with Crippen molar-refractivity contribution in [2.45, 2.75) is 26.7 Å². The number of hydrogen-bond donors (Lipinski definition) is 0. The molecule has 7 heteroatoms.